The van der Waals surface area contributed by atoms with Gasteiger partial charge in [0.15, 0.2) is 5.82 Å². The van der Waals surface area contributed by atoms with Crippen molar-refractivity contribution >= 4 is 17.5 Å². The number of aromatic nitrogens is 4. The van der Waals surface area contributed by atoms with Gasteiger partial charge in [-0.3, -0.25) is 9.78 Å². The molecule has 0 saturated carbocycles. The number of rotatable bonds is 6. The summed E-state index contributed by atoms with van der Waals surface area (Å²) in [4.78, 5) is 26.4. The molecule has 8 nitrogen and oxygen atoms in total. The Balaban J connectivity index is 1.58. The molecule has 3 aromatic rings. The number of hydrogen-bond donors (Lipinski definition) is 1. The van der Waals surface area contributed by atoms with Crippen LogP contribution >= 0.6 is 0 Å². The summed E-state index contributed by atoms with van der Waals surface area (Å²) in [5, 5.41) is 6.77. The predicted octanol–water partition coefficient (Wildman–Crippen LogP) is 2.23. The first kappa shape index (κ1) is 16.6. The van der Waals surface area contributed by atoms with Crippen LogP contribution < -0.4 is 5.32 Å². The second-order valence-electron chi connectivity index (χ2n) is 5.57. The van der Waals surface area contributed by atoms with Crippen LogP contribution in [0.15, 0.2) is 47.5 Å². The summed E-state index contributed by atoms with van der Waals surface area (Å²) in [5.41, 5.74) is 1.42. The number of aryl methyl sites for hydroxylation is 1. The van der Waals surface area contributed by atoms with E-state index in [4.69, 9.17) is 4.52 Å². The number of carbonyl (C=O) groups is 1. The van der Waals surface area contributed by atoms with Crippen molar-refractivity contribution in [3.05, 3.63) is 60.0 Å². The normalized spacial score (nSPS) is 10.5. The molecule has 0 aliphatic rings. The second kappa shape index (κ2) is 7.52. The van der Waals surface area contributed by atoms with Crippen LogP contribution in [0.25, 0.3) is 0 Å². The number of nitrogens with one attached hydrogen (secondary N) is 1. The Morgan fingerprint density at radius 1 is 1.20 bits per heavy atom. The average molecular weight is 338 g/mol. The maximum Gasteiger partial charge on any atom is 0.273 e. The first-order valence-electron chi connectivity index (χ1n) is 7.78. The highest BCUT2D eigenvalue weighted by Crippen LogP contribution is 2.13. The fraction of sp³-hybridized carbons (Fsp3) is 0.235. The minimum Gasteiger partial charge on any atom is -0.360 e. The lowest BCUT2D eigenvalue weighted by Crippen LogP contribution is -2.29. The predicted molar refractivity (Wildman–Crippen MR) is 91.5 cm³/mol. The van der Waals surface area contributed by atoms with Crippen LogP contribution in [-0.4, -0.2) is 44.5 Å². The van der Waals surface area contributed by atoms with Gasteiger partial charge >= 0.3 is 0 Å². The van der Waals surface area contributed by atoms with Crippen LogP contribution in [0.5, 0.6) is 0 Å². The van der Waals surface area contributed by atoms with E-state index in [1.165, 1.54) is 12.4 Å². The van der Waals surface area contributed by atoms with Gasteiger partial charge in [-0.25, -0.2) is 9.97 Å². The smallest absolute Gasteiger partial charge is 0.273 e. The molecule has 0 aliphatic heterocycles. The molecule has 0 radical (unpaired) electrons. The maximum absolute atomic E-state index is 12.4. The highest BCUT2D eigenvalue weighted by Gasteiger charge is 2.14. The zero-order valence-electron chi connectivity index (χ0n) is 14.0. The molecule has 0 aliphatic carbocycles. The van der Waals surface area contributed by atoms with Crippen molar-refractivity contribution in [3.8, 4) is 0 Å². The minimum absolute atomic E-state index is 0.176. The largest absolute Gasteiger partial charge is 0.360 e. The SMILES string of the molecule is Cc1cc(Nc2cnc(C(=O)N(C)CCc3ccncc3)cn2)no1. The van der Waals surface area contributed by atoms with Gasteiger partial charge in [0.2, 0.25) is 0 Å². The van der Waals surface area contributed by atoms with Gasteiger partial charge in [-0.05, 0) is 31.0 Å². The Morgan fingerprint density at radius 3 is 2.64 bits per heavy atom. The molecule has 1 N–H and O–H groups in total. The molecule has 0 unspecified atom stereocenters. The highest BCUT2D eigenvalue weighted by atomic mass is 16.5. The molecule has 0 spiro atoms. The van der Waals surface area contributed by atoms with E-state index in [-0.39, 0.29) is 5.91 Å². The lowest BCUT2D eigenvalue weighted by atomic mass is 10.2. The molecule has 0 bridgehead atoms. The molecule has 0 aromatic carbocycles. The van der Waals surface area contributed by atoms with Crippen LogP contribution in [0.3, 0.4) is 0 Å². The Bertz CT molecular complexity index is 832. The van der Waals surface area contributed by atoms with E-state index in [1.807, 2.05) is 12.1 Å². The van der Waals surface area contributed by atoms with Crippen molar-refractivity contribution in [1.29, 1.82) is 0 Å². The van der Waals surface area contributed by atoms with Crippen LogP contribution in [0.2, 0.25) is 0 Å². The Hall–Kier alpha value is -3.29. The van der Waals surface area contributed by atoms with Crippen LogP contribution in [-0.2, 0) is 6.42 Å². The van der Waals surface area contributed by atoms with Crippen molar-refractivity contribution in [2.75, 3.05) is 18.9 Å². The van der Waals surface area contributed by atoms with Crippen LogP contribution in [0, 0.1) is 6.92 Å². The standard InChI is InChI=1S/C17H18N6O2/c1-12-9-15(22-25-12)21-16-11-19-14(10-20-16)17(24)23(2)8-5-13-3-6-18-7-4-13/h3-4,6-7,9-11H,5,8H2,1-2H3,(H,20,21,22). The van der Waals surface area contributed by atoms with Gasteiger partial charge in [0.25, 0.3) is 5.91 Å². The molecular weight excluding hydrogens is 320 g/mol. The van der Waals surface area contributed by atoms with Crippen LogP contribution in [0.1, 0.15) is 21.8 Å². The van der Waals surface area contributed by atoms with E-state index in [1.54, 1.807) is 37.3 Å². The van der Waals surface area contributed by atoms with Crippen molar-refractivity contribution in [1.82, 2.24) is 25.0 Å². The summed E-state index contributed by atoms with van der Waals surface area (Å²) in [6.07, 6.45) is 7.17. The van der Waals surface area contributed by atoms with Gasteiger partial charge < -0.3 is 14.7 Å². The first-order chi connectivity index (χ1) is 12.1. The second-order valence-corrected chi connectivity index (χ2v) is 5.57. The summed E-state index contributed by atoms with van der Waals surface area (Å²) in [6, 6.07) is 5.61. The van der Waals surface area contributed by atoms with Crippen molar-refractivity contribution in [3.63, 3.8) is 0 Å². The van der Waals surface area contributed by atoms with Crippen molar-refractivity contribution < 1.29 is 9.32 Å². The maximum atomic E-state index is 12.4. The summed E-state index contributed by atoms with van der Waals surface area (Å²) in [6.45, 7) is 2.39. The molecule has 3 heterocycles. The van der Waals surface area contributed by atoms with E-state index in [0.29, 0.717) is 29.6 Å². The minimum atomic E-state index is -0.176. The molecule has 0 saturated heterocycles. The van der Waals surface area contributed by atoms with Gasteiger partial charge in [0, 0.05) is 32.1 Å². The quantitative estimate of drug-likeness (QED) is 0.736. The number of amides is 1. The third-order valence-electron chi connectivity index (χ3n) is 3.59. The lowest BCUT2D eigenvalue weighted by molar-refractivity contribution is 0.0790. The van der Waals surface area contributed by atoms with Crippen LogP contribution in [0.4, 0.5) is 11.6 Å². The molecule has 25 heavy (non-hydrogen) atoms. The molecule has 8 heteroatoms. The fourth-order valence-electron chi connectivity index (χ4n) is 2.20. The van der Waals surface area contributed by atoms with Gasteiger partial charge in [0.1, 0.15) is 17.3 Å². The van der Waals surface area contributed by atoms with E-state index in [2.05, 4.69) is 25.4 Å². The number of carbonyl (C=O) groups excluding carboxylic acids is 1. The monoisotopic (exact) mass is 338 g/mol. The molecular formula is C17H18N6O2. The topological polar surface area (TPSA) is 97.0 Å². The van der Waals surface area contributed by atoms with E-state index in [0.717, 1.165) is 12.0 Å². The Morgan fingerprint density at radius 2 is 2.00 bits per heavy atom. The summed E-state index contributed by atoms with van der Waals surface area (Å²) in [5.74, 6) is 1.55. The van der Waals surface area contributed by atoms with Gasteiger partial charge in [-0.1, -0.05) is 5.16 Å². The number of nitrogens with zero attached hydrogens (tertiary/aromatic N) is 5. The molecule has 0 atom stereocenters. The average Bonchev–Trinajstić information content (AvgIpc) is 3.05. The first-order valence-corrected chi connectivity index (χ1v) is 7.78. The number of anilines is 2. The summed E-state index contributed by atoms with van der Waals surface area (Å²) >= 11 is 0. The Labute approximate surface area is 144 Å². The third-order valence-corrected chi connectivity index (χ3v) is 3.59. The molecule has 3 rings (SSSR count). The van der Waals surface area contributed by atoms with Gasteiger partial charge in [0.05, 0.1) is 12.4 Å². The van der Waals surface area contributed by atoms with E-state index < -0.39 is 0 Å². The van der Waals surface area contributed by atoms with Crippen molar-refractivity contribution in [2.45, 2.75) is 13.3 Å². The van der Waals surface area contributed by atoms with Crippen molar-refractivity contribution in [2.24, 2.45) is 0 Å². The molecule has 0 fully saturated rings. The molecule has 3 aromatic heterocycles. The zero-order valence-corrected chi connectivity index (χ0v) is 14.0. The molecule has 128 valence electrons. The van der Waals surface area contributed by atoms with E-state index in [9.17, 15) is 4.79 Å². The third kappa shape index (κ3) is 4.37. The van der Waals surface area contributed by atoms with E-state index >= 15 is 0 Å². The number of pyridine rings is 1. The molecule has 1 amide bonds. The summed E-state index contributed by atoms with van der Waals surface area (Å²) in [7, 11) is 1.75. The number of likely N-dealkylation sites (N-methyl/N-ethyl adjacent to an activating group) is 1. The lowest BCUT2D eigenvalue weighted by Gasteiger charge is -2.16. The van der Waals surface area contributed by atoms with Gasteiger partial charge in [-0.2, -0.15) is 0 Å². The van der Waals surface area contributed by atoms with Gasteiger partial charge in [-0.15, -0.1) is 0 Å². The zero-order chi connectivity index (χ0) is 17.6. The number of hydrogen-bond acceptors (Lipinski definition) is 7. The Kier molecular flexibility index (Phi) is 4.98. The fourth-order valence-corrected chi connectivity index (χ4v) is 2.20. The summed E-state index contributed by atoms with van der Waals surface area (Å²) < 4.78 is 4.97. The highest BCUT2D eigenvalue weighted by molar-refractivity contribution is 5.91.